The molecule has 0 unspecified atom stereocenters. The van der Waals surface area contributed by atoms with Gasteiger partial charge >= 0.3 is 11.8 Å². The number of hydrogen-bond donors (Lipinski definition) is 2. The van der Waals surface area contributed by atoms with Gasteiger partial charge in [0.05, 0.1) is 0 Å². The highest BCUT2D eigenvalue weighted by Crippen LogP contribution is 2.19. The highest BCUT2D eigenvalue weighted by Gasteiger charge is 2.16. The van der Waals surface area contributed by atoms with Crippen LogP contribution < -0.4 is 10.7 Å². The lowest BCUT2D eigenvalue weighted by Crippen LogP contribution is -2.33. The van der Waals surface area contributed by atoms with E-state index in [9.17, 15) is 9.59 Å². The Morgan fingerprint density at radius 1 is 0.955 bits per heavy atom. The Kier molecular flexibility index (Phi) is 5.69. The second-order valence-electron chi connectivity index (χ2n) is 5.75. The number of hydrogen-bond acceptors (Lipinski definition) is 3. The monoisotopic (exact) mass is 301 g/mol. The summed E-state index contributed by atoms with van der Waals surface area (Å²) in [7, 11) is 0. The lowest BCUT2D eigenvalue weighted by atomic mass is 10.1. The molecule has 0 saturated heterocycles. The molecule has 1 aliphatic rings. The smallest absolute Gasteiger partial charge is 0.317 e. The first-order valence-corrected chi connectivity index (χ1v) is 7.81. The molecule has 1 aliphatic carbocycles. The van der Waals surface area contributed by atoms with Crippen LogP contribution in [-0.2, 0) is 9.59 Å². The van der Waals surface area contributed by atoms with Gasteiger partial charge in [-0.2, -0.15) is 5.10 Å². The van der Waals surface area contributed by atoms with Crippen LogP contribution in [0.3, 0.4) is 0 Å². The Morgan fingerprint density at radius 2 is 1.55 bits per heavy atom. The minimum Gasteiger partial charge on any atom is -0.317 e. The molecule has 5 nitrogen and oxygen atoms in total. The standard InChI is InChI=1S/C17H23N3O2/c1-12-8-7-9-13(2)15(12)18-16(21)17(22)20-19-14-10-5-3-4-6-11-14/h7-9H,3-6,10-11H2,1-2H3,(H,18,21)(H,20,22). The van der Waals surface area contributed by atoms with E-state index in [1.54, 1.807) is 0 Å². The van der Waals surface area contributed by atoms with Crippen LogP contribution in [0.4, 0.5) is 5.69 Å². The molecule has 0 aromatic heterocycles. The molecule has 1 saturated carbocycles. The van der Waals surface area contributed by atoms with Crippen LogP contribution in [0.25, 0.3) is 0 Å². The number of hydrazone groups is 1. The van der Waals surface area contributed by atoms with Gasteiger partial charge in [0.1, 0.15) is 0 Å². The summed E-state index contributed by atoms with van der Waals surface area (Å²) in [6, 6.07) is 5.71. The van der Waals surface area contributed by atoms with Gasteiger partial charge in [-0.05, 0) is 50.7 Å². The predicted molar refractivity (Wildman–Crippen MR) is 87.8 cm³/mol. The number of para-hydroxylation sites is 1. The molecule has 1 aromatic carbocycles. The second-order valence-corrected chi connectivity index (χ2v) is 5.75. The average Bonchev–Trinajstić information content (AvgIpc) is 2.77. The van der Waals surface area contributed by atoms with Gasteiger partial charge < -0.3 is 5.32 Å². The number of carbonyl (C=O) groups excluding carboxylic acids is 2. The Labute approximate surface area is 131 Å². The summed E-state index contributed by atoms with van der Waals surface area (Å²) in [4.78, 5) is 23.8. The third kappa shape index (κ3) is 4.41. The Hall–Kier alpha value is -2.17. The number of benzene rings is 1. The van der Waals surface area contributed by atoms with E-state index in [-0.39, 0.29) is 0 Å². The van der Waals surface area contributed by atoms with Crippen molar-refractivity contribution in [2.45, 2.75) is 52.4 Å². The maximum Gasteiger partial charge on any atom is 0.329 e. The first kappa shape index (κ1) is 16.2. The van der Waals surface area contributed by atoms with Crippen molar-refractivity contribution in [3.63, 3.8) is 0 Å². The van der Waals surface area contributed by atoms with Crippen LogP contribution in [0.15, 0.2) is 23.3 Å². The van der Waals surface area contributed by atoms with Crippen molar-refractivity contribution in [2.75, 3.05) is 5.32 Å². The molecule has 0 spiro atoms. The van der Waals surface area contributed by atoms with Gasteiger partial charge in [-0.25, -0.2) is 5.43 Å². The molecule has 118 valence electrons. The first-order chi connectivity index (χ1) is 10.6. The minimum atomic E-state index is -0.723. The van der Waals surface area contributed by atoms with E-state index in [1.165, 1.54) is 12.8 Å². The molecule has 2 amide bonds. The van der Waals surface area contributed by atoms with Crippen molar-refractivity contribution in [1.29, 1.82) is 0 Å². The van der Waals surface area contributed by atoms with Gasteiger partial charge in [-0.1, -0.05) is 31.0 Å². The van der Waals surface area contributed by atoms with Crippen molar-refractivity contribution in [3.8, 4) is 0 Å². The fourth-order valence-electron chi connectivity index (χ4n) is 2.61. The molecule has 0 bridgehead atoms. The van der Waals surface area contributed by atoms with E-state index in [2.05, 4.69) is 15.8 Å². The summed E-state index contributed by atoms with van der Waals surface area (Å²) in [5.74, 6) is -1.41. The number of rotatable bonds is 2. The lowest BCUT2D eigenvalue weighted by molar-refractivity contribution is -0.136. The summed E-state index contributed by atoms with van der Waals surface area (Å²) in [6.07, 6.45) is 6.42. The van der Waals surface area contributed by atoms with Crippen molar-refractivity contribution in [2.24, 2.45) is 5.10 Å². The van der Waals surface area contributed by atoms with E-state index in [1.807, 2.05) is 32.0 Å². The molecule has 0 aliphatic heterocycles. The van der Waals surface area contributed by atoms with Crippen molar-refractivity contribution < 1.29 is 9.59 Å². The van der Waals surface area contributed by atoms with E-state index < -0.39 is 11.8 Å². The predicted octanol–water partition coefficient (Wildman–Crippen LogP) is 3.07. The molecular weight excluding hydrogens is 278 g/mol. The van der Waals surface area contributed by atoms with Crippen molar-refractivity contribution in [3.05, 3.63) is 29.3 Å². The van der Waals surface area contributed by atoms with Crippen molar-refractivity contribution >= 4 is 23.2 Å². The summed E-state index contributed by atoms with van der Waals surface area (Å²) in [6.45, 7) is 3.79. The van der Waals surface area contributed by atoms with E-state index in [4.69, 9.17) is 0 Å². The zero-order valence-corrected chi connectivity index (χ0v) is 13.2. The Morgan fingerprint density at radius 3 is 2.14 bits per heavy atom. The van der Waals surface area contributed by atoms with Gasteiger partial charge in [0, 0.05) is 11.4 Å². The molecule has 0 heterocycles. The van der Waals surface area contributed by atoms with Gasteiger partial charge in [0.25, 0.3) is 0 Å². The summed E-state index contributed by atoms with van der Waals surface area (Å²) in [5, 5.41) is 6.77. The average molecular weight is 301 g/mol. The normalized spacial score (nSPS) is 14.9. The molecule has 0 radical (unpaired) electrons. The maximum absolute atomic E-state index is 12.0. The number of carbonyl (C=O) groups is 2. The largest absolute Gasteiger partial charge is 0.329 e. The summed E-state index contributed by atoms with van der Waals surface area (Å²) < 4.78 is 0. The molecule has 2 N–H and O–H groups in total. The Bertz CT molecular complexity index is 563. The molecule has 1 aromatic rings. The minimum absolute atomic E-state index is 0.685. The lowest BCUT2D eigenvalue weighted by Gasteiger charge is -2.10. The van der Waals surface area contributed by atoms with Crippen LogP contribution >= 0.6 is 0 Å². The quantitative estimate of drug-likeness (QED) is 0.500. The highest BCUT2D eigenvalue weighted by molar-refractivity contribution is 6.39. The number of anilines is 1. The molecule has 22 heavy (non-hydrogen) atoms. The van der Waals surface area contributed by atoms with Gasteiger partial charge in [-0.3, -0.25) is 9.59 Å². The second kappa shape index (κ2) is 7.73. The fourth-order valence-corrected chi connectivity index (χ4v) is 2.61. The zero-order valence-electron chi connectivity index (χ0n) is 13.2. The number of aryl methyl sites for hydroxylation is 2. The van der Waals surface area contributed by atoms with Crippen LogP contribution in [0, 0.1) is 13.8 Å². The third-order valence-corrected chi connectivity index (χ3v) is 3.92. The molecule has 0 atom stereocenters. The SMILES string of the molecule is Cc1cccc(C)c1NC(=O)C(=O)NN=C1CCCCCC1. The third-order valence-electron chi connectivity index (χ3n) is 3.92. The van der Waals surface area contributed by atoms with E-state index in [0.29, 0.717) is 5.69 Å². The number of nitrogens with one attached hydrogen (secondary N) is 2. The topological polar surface area (TPSA) is 70.6 Å². The van der Waals surface area contributed by atoms with Crippen LogP contribution in [0.1, 0.15) is 49.7 Å². The van der Waals surface area contributed by atoms with Crippen LogP contribution in [-0.4, -0.2) is 17.5 Å². The van der Waals surface area contributed by atoms with E-state index in [0.717, 1.165) is 42.5 Å². The molecular formula is C17H23N3O2. The zero-order chi connectivity index (χ0) is 15.9. The molecule has 5 heteroatoms. The number of nitrogens with zero attached hydrogens (tertiary/aromatic N) is 1. The highest BCUT2D eigenvalue weighted by atomic mass is 16.2. The van der Waals surface area contributed by atoms with Gasteiger partial charge in [0.2, 0.25) is 0 Å². The van der Waals surface area contributed by atoms with E-state index >= 15 is 0 Å². The van der Waals surface area contributed by atoms with Crippen LogP contribution in [0.2, 0.25) is 0 Å². The van der Waals surface area contributed by atoms with Gasteiger partial charge in [0.15, 0.2) is 0 Å². The van der Waals surface area contributed by atoms with Crippen LogP contribution in [0.5, 0.6) is 0 Å². The fraction of sp³-hybridized carbons (Fsp3) is 0.471. The summed E-state index contributed by atoms with van der Waals surface area (Å²) in [5.41, 5.74) is 5.89. The molecule has 2 rings (SSSR count). The molecule has 1 fully saturated rings. The number of amides is 2. The maximum atomic E-state index is 12.0. The van der Waals surface area contributed by atoms with Gasteiger partial charge in [-0.15, -0.1) is 0 Å². The Balaban J connectivity index is 1.95. The van der Waals surface area contributed by atoms with Crippen molar-refractivity contribution in [1.82, 2.24) is 5.43 Å². The summed E-state index contributed by atoms with van der Waals surface area (Å²) >= 11 is 0. The first-order valence-electron chi connectivity index (χ1n) is 7.81.